The molecule has 1 aromatic rings. The van der Waals surface area contributed by atoms with Gasteiger partial charge in [-0.2, -0.15) is 0 Å². The number of hydrogen-bond acceptors (Lipinski definition) is 3. The van der Waals surface area contributed by atoms with Crippen LogP contribution in [-0.4, -0.2) is 23.0 Å². The summed E-state index contributed by atoms with van der Waals surface area (Å²) in [6, 6.07) is 3.74. The van der Waals surface area contributed by atoms with Gasteiger partial charge in [-0.1, -0.05) is 11.6 Å². The van der Waals surface area contributed by atoms with Crippen molar-refractivity contribution >= 4 is 17.5 Å². The fourth-order valence-corrected chi connectivity index (χ4v) is 1.41. The number of amides is 1. The maximum absolute atomic E-state index is 11.6. The van der Waals surface area contributed by atoms with Crippen molar-refractivity contribution in [3.8, 4) is 5.75 Å². The Balaban J connectivity index is 1.92. The average molecular weight is 241 g/mol. The zero-order chi connectivity index (χ0) is 11.5. The van der Waals surface area contributed by atoms with E-state index in [2.05, 4.69) is 10.3 Å². The van der Waals surface area contributed by atoms with E-state index in [4.69, 9.17) is 16.3 Å². The van der Waals surface area contributed by atoms with Gasteiger partial charge in [0.2, 0.25) is 0 Å². The van der Waals surface area contributed by atoms with Crippen LogP contribution in [0, 0.1) is 0 Å². The van der Waals surface area contributed by atoms with Crippen LogP contribution in [0.25, 0.3) is 0 Å². The number of halogens is 1. The minimum atomic E-state index is -0.553. The number of ether oxygens (including phenoxy) is 1. The van der Waals surface area contributed by atoms with E-state index in [1.165, 1.54) is 0 Å². The van der Waals surface area contributed by atoms with Crippen molar-refractivity contribution in [1.29, 1.82) is 0 Å². The topological polar surface area (TPSA) is 51.2 Å². The van der Waals surface area contributed by atoms with Crippen LogP contribution in [0.15, 0.2) is 18.3 Å². The summed E-state index contributed by atoms with van der Waals surface area (Å²) in [5.41, 5.74) is 0. The molecule has 2 rings (SSSR count). The number of hydrogen-bond donors (Lipinski definition) is 1. The van der Waals surface area contributed by atoms with Gasteiger partial charge in [0.05, 0.1) is 0 Å². The van der Waals surface area contributed by atoms with Crippen LogP contribution in [0.2, 0.25) is 5.15 Å². The van der Waals surface area contributed by atoms with Crippen molar-refractivity contribution in [3.63, 3.8) is 0 Å². The summed E-state index contributed by atoms with van der Waals surface area (Å²) in [6.45, 7) is 1.70. The van der Waals surface area contributed by atoms with Gasteiger partial charge < -0.3 is 10.1 Å². The highest BCUT2D eigenvalue weighted by molar-refractivity contribution is 6.30. The number of carbonyl (C=O) groups excluding carboxylic acids is 1. The van der Waals surface area contributed by atoms with E-state index >= 15 is 0 Å². The van der Waals surface area contributed by atoms with Crippen molar-refractivity contribution in [2.75, 3.05) is 0 Å². The summed E-state index contributed by atoms with van der Waals surface area (Å²) in [5, 5.41) is 3.14. The van der Waals surface area contributed by atoms with Gasteiger partial charge in [0, 0.05) is 12.2 Å². The quantitative estimate of drug-likeness (QED) is 0.817. The lowest BCUT2D eigenvalue weighted by Crippen LogP contribution is -2.37. The number of carbonyl (C=O) groups is 1. The number of nitrogens with one attached hydrogen (secondary N) is 1. The Morgan fingerprint density at radius 1 is 1.69 bits per heavy atom. The molecular weight excluding hydrogens is 228 g/mol. The highest BCUT2D eigenvalue weighted by Gasteiger charge is 2.26. The predicted molar refractivity (Wildman–Crippen MR) is 60.5 cm³/mol. The first kappa shape index (κ1) is 11.2. The molecule has 1 fully saturated rings. The van der Waals surface area contributed by atoms with Gasteiger partial charge in [-0.25, -0.2) is 4.98 Å². The molecule has 1 aliphatic carbocycles. The van der Waals surface area contributed by atoms with E-state index < -0.39 is 6.10 Å². The van der Waals surface area contributed by atoms with Crippen LogP contribution in [0.3, 0.4) is 0 Å². The molecule has 1 saturated carbocycles. The molecule has 1 N–H and O–H groups in total. The van der Waals surface area contributed by atoms with Crippen molar-refractivity contribution in [1.82, 2.24) is 10.3 Å². The first-order valence-electron chi connectivity index (χ1n) is 5.24. The monoisotopic (exact) mass is 240 g/mol. The standard InChI is InChI=1S/C11H13ClN2O2/c1-7(11(15)14-8-4-5-8)16-9-3-2-6-13-10(9)12/h2-3,6-8H,4-5H2,1H3,(H,14,15). The van der Waals surface area contributed by atoms with Gasteiger partial charge in [0.15, 0.2) is 17.0 Å². The molecule has 4 nitrogen and oxygen atoms in total. The zero-order valence-electron chi connectivity index (χ0n) is 8.94. The fourth-order valence-electron chi connectivity index (χ4n) is 1.25. The molecular formula is C11H13ClN2O2. The summed E-state index contributed by atoms with van der Waals surface area (Å²) in [5.74, 6) is 0.324. The van der Waals surface area contributed by atoms with Crippen molar-refractivity contribution in [2.45, 2.75) is 31.9 Å². The number of aromatic nitrogens is 1. The molecule has 1 heterocycles. The molecule has 1 amide bonds. The van der Waals surface area contributed by atoms with E-state index in [0.717, 1.165) is 12.8 Å². The Bertz CT molecular complexity index is 393. The van der Waals surface area contributed by atoms with E-state index in [1.807, 2.05) is 0 Å². The predicted octanol–water partition coefficient (Wildman–Crippen LogP) is 1.78. The Kier molecular flexibility index (Phi) is 3.29. The summed E-state index contributed by atoms with van der Waals surface area (Å²) in [6.07, 6.45) is 3.14. The molecule has 1 atom stereocenters. The summed E-state index contributed by atoms with van der Waals surface area (Å²) < 4.78 is 5.43. The molecule has 5 heteroatoms. The van der Waals surface area contributed by atoms with Crippen molar-refractivity contribution in [2.24, 2.45) is 0 Å². The van der Waals surface area contributed by atoms with Crippen LogP contribution < -0.4 is 10.1 Å². The molecule has 0 aromatic carbocycles. The number of nitrogens with zero attached hydrogens (tertiary/aromatic N) is 1. The van der Waals surface area contributed by atoms with E-state index in [1.54, 1.807) is 25.3 Å². The van der Waals surface area contributed by atoms with Gasteiger partial charge in [-0.15, -0.1) is 0 Å². The Labute approximate surface area is 99.0 Å². The molecule has 86 valence electrons. The number of pyridine rings is 1. The maximum atomic E-state index is 11.6. The number of rotatable bonds is 4. The first-order chi connectivity index (χ1) is 7.66. The molecule has 1 aromatic heterocycles. The highest BCUT2D eigenvalue weighted by atomic mass is 35.5. The lowest BCUT2D eigenvalue weighted by Gasteiger charge is -2.14. The van der Waals surface area contributed by atoms with Crippen molar-refractivity contribution < 1.29 is 9.53 Å². The fraction of sp³-hybridized carbons (Fsp3) is 0.455. The molecule has 0 bridgehead atoms. The molecule has 0 radical (unpaired) electrons. The second-order valence-electron chi connectivity index (χ2n) is 3.84. The molecule has 0 aliphatic heterocycles. The van der Waals surface area contributed by atoms with Crippen LogP contribution in [0.5, 0.6) is 5.75 Å². The maximum Gasteiger partial charge on any atom is 0.260 e. The van der Waals surface area contributed by atoms with Crippen LogP contribution in [0.4, 0.5) is 0 Å². The third-order valence-corrected chi connectivity index (χ3v) is 2.61. The second-order valence-corrected chi connectivity index (χ2v) is 4.19. The van der Waals surface area contributed by atoms with Crippen molar-refractivity contribution in [3.05, 3.63) is 23.5 Å². The summed E-state index contributed by atoms with van der Waals surface area (Å²) >= 11 is 5.82. The van der Waals surface area contributed by atoms with Crippen LogP contribution in [-0.2, 0) is 4.79 Å². The molecule has 1 aliphatic rings. The smallest absolute Gasteiger partial charge is 0.260 e. The average Bonchev–Trinajstić information content (AvgIpc) is 3.05. The first-order valence-corrected chi connectivity index (χ1v) is 5.62. The normalized spacial score (nSPS) is 16.6. The summed E-state index contributed by atoms with van der Waals surface area (Å²) in [4.78, 5) is 15.5. The molecule has 0 spiro atoms. The Hall–Kier alpha value is -1.29. The van der Waals surface area contributed by atoms with E-state index in [-0.39, 0.29) is 11.1 Å². The minimum Gasteiger partial charge on any atom is -0.478 e. The Morgan fingerprint density at radius 2 is 2.44 bits per heavy atom. The van der Waals surface area contributed by atoms with Gasteiger partial charge in [-0.05, 0) is 31.9 Å². The van der Waals surface area contributed by atoms with Crippen LogP contribution in [0.1, 0.15) is 19.8 Å². The van der Waals surface area contributed by atoms with Crippen LogP contribution >= 0.6 is 11.6 Å². The largest absolute Gasteiger partial charge is 0.478 e. The third-order valence-electron chi connectivity index (χ3n) is 2.32. The zero-order valence-corrected chi connectivity index (χ0v) is 9.70. The Morgan fingerprint density at radius 3 is 3.06 bits per heavy atom. The highest BCUT2D eigenvalue weighted by Crippen LogP contribution is 2.22. The third kappa shape index (κ3) is 2.85. The molecule has 16 heavy (non-hydrogen) atoms. The van der Waals surface area contributed by atoms with E-state index in [9.17, 15) is 4.79 Å². The lowest BCUT2D eigenvalue weighted by atomic mass is 10.3. The minimum absolute atomic E-state index is 0.109. The van der Waals surface area contributed by atoms with Gasteiger partial charge in [-0.3, -0.25) is 4.79 Å². The summed E-state index contributed by atoms with van der Waals surface area (Å²) in [7, 11) is 0. The molecule has 1 unspecified atom stereocenters. The van der Waals surface area contributed by atoms with Gasteiger partial charge in [0.1, 0.15) is 0 Å². The van der Waals surface area contributed by atoms with E-state index in [0.29, 0.717) is 11.8 Å². The van der Waals surface area contributed by atoms with Gasteiger partial charge >= 0.3 is 0 Å². The second kappa shape index (κ2) is 4.70. The molecule has 0 saturated heterocycles. The lowest BCUT2D eigenvalue weighted by molar-refractivity contribution is -0.127. The van der Waals surface area contributed by atoms with Gasteiger partial charge in [0.25, 0.3) is 5.91 Å². The SMILES string of the molecule is CC(Oc1cccnc1Cl)C(=O)NC1CC1.